The molecule has 1 aliphatic heterocycles. The summed E-state index contributed by atoms with van der Waals surface area (Å²) in [5.74, 6) is -0.219. The first-order chi connectivity index (χ1) is 12.5. The molecule has 3 heterocycles. The summed E-state index contributed by atoms with van der Waals surface area (Å²) in [6, 6.07) is 14.9. The van der Waals surface area contributed by atoms with Crippen LogP contribution in [0.1, 0.15) is 28.2 Å². The maximum absolute atomic E-state index is 13.8. The molecule has 0 amide bonds. The molecule has 3 aromatic rings. The third kappa shape index (κ3) is 3.15. The number of anilines is 1. The van der Waals surface area contributed by atoms with Crippen LogP contribution in [0.4, 0.5) is 10.1 Å². The number of nitrogens with zero attached hydrogens (tertiary/aromatic N) is 2. The van der Waals surface area contributed by atoms with Gasteiger partial charge in [0, 0.05) is 16.8 Å². The summed E-state index contributed by atoms with van der Waals surface area (Å²) >= 11 is 10.9. The van der Waals surface area contributed by atoms with Gasteiger partial charge in [0.2, 0.25) is 0 Å². The first-order valence-electron chi connectivity index (χ1n) is 8.06. The van der Waals surface area contributed by atoms with Crippen LogP contribution in [0.5, 0.6) is 0 Å². The van der Waals surface area contributed by atoms with Crippen LogP contribution in [-0.2, 0) is 0 Å². The van der Waals surface area contributed by atoms with Crippen molar-refractivity contribution in [2.75, 3.05) is 4.90 Å². The van der Waals surface area contributed by atoms with Gasteiger partial charge in [0.25, 0.3) is 0 Å². The third-order valence-corrected chi connectivity index (χ3v) is 6.41. The Kier molecular flexibility index (Phi) is 4.77. The lowest BCUT2D eigenvalue weighted by molar-refractivity contribution is 0.574. The molecule has 3 nitrogen and oxygen atoms in total. The zero-order valence-electron chi connectivity index (χ0n) is 13.8. The van der Waals surface area contributed by atoms with Gasteiger partial charge in [0.15, 0.2) is 5.11 Å². The molecule has 1 saturated heterocycles. The predicted molar refractivity (Wildman–Crippen MR) is 111 cm³/mol. The number of hydrogen-bond acceptors (Lipinski definition) is 3. The Morgan fingerprint density at radius 2 is 2.08 bits per heavy atom. The maximum Gasteiger partial charge on any atom is 0.174 e. The Morgan fingerprint density at radius 3 is 2.73 bits per heavy atom. The lowest BCUT2D eigenvalue weighted by atomic mass is 10.0. The van der Waals surface area contributed by atoms with Crippen molar-refractivity contribution in [2.45, 2.75) is 19.0 Å². The van der Waals surface area contributed by atoms with Crippen molar-refractivity contribution in [3.8, 4) is 0 Å². The molecular formula is C19H15BrFN3S2. The minimum atomic E-state index is -0.219. The lowest BCUT2D eigenvalue weighted by Crippen LogP contribution is -2.29. The van der Waals surface area contributed by atoms with Crippen molar-refractivity contribution in [3.05, 3.63) is 80.5 Å². The van der Waals surface area contributed by atoms with Crippen molar-refractivity contribution >= 4 is 50.3 Å². The van der Waals surface area contributed by atoms with Gasteiger partial charge in [-0.05, 0) is 83.1 Å². The highest BCUT2D eigenvalue weighted by Gasteiger charge is 2.41. The van der Waals surface area contributed by atoms with Crippen LogP contribution in [-0.4, -0.2) is 10.1 Å². The molecule has 0 unspecified atom stereocenters. The van der Waals surface area contributed by atoms with Gasteiger partial charge in [0.05, 0.1) is 21.6 Å². The number of pyridine rings is 1. The number of benzene rings is 1. The zero-order chi connectivity index (χ0) is 18.3. The standard InChI is InChI=1S/C19H15BrFN3S2/c1-11-10-12(5-6-13(11)21)24-18(15-7-8-16(20)26-15)17(23-19(24)25)14-4-2-3-9-22-14/h2-10,17-18H,1H3,(H,23,25)/t17-,18+/m1/s1. The van der Waals surface area contributed by atoms with Gasteiger partial charge in [-0.15, -0.1) is 11.3 Å². The SMILES string of the molecule is Cc1cc(N2C(=S)N[C@H](c3ccccn3)[C@@H]2c2ccc(Br)s2)ccc1F. The number of thiocarbonyl (C=S) groups is 1. The molecule has 0 radical (unpaired) electrons. The molecule has 26 heavy (non-hydrogen) atoms. The summed E-state index contributed by atoms with van der Waals surface area (Å²) in [6.07, 6.45) is 1.78. The molecule has 1 fully saturated rings. The van der Waals surface area contributed by atoms with Crippen molar-refractivity contribution in [1.82, 2.24) is 10.3 Å². The number of aryl methyl sites for hydroxylation is 1. The largest absolute Gasteiger partial charge is 0.351 e. The molecular weight excluding hydrogens is 433 g/mol. The van der Waals surface area contributed by atoms with Gasteiger partial charge < -0.3 is 10.2 Å². The van der Waals surface area contributed by atoms with E-state index in [-0.39, 0.29) is 17.9 Å². The minimum Gasteiger partial charge on any atom is -0.351 e. The highest BCUT2D eigenvalue weighted by molar-refractivity contribution is 9.11. The lowest BCUT2D eigenvalue weighted by Gasteiger charge is -2.27. The van der Waals surface area contributed by atoms with Crippen LogP contribution < -0.4 is 10.2 Å². The fourth-order valence-corrected chi connectivity index (χ4v) is 5.09. The molecule has 4 rings (SSSR count). The highest BCUT2D eigenvalue weighted by atomic mass is 79.9. The quantitative estimate of drug-likeness (QED) is 0.534. The summed E-state index contributed by atoms with van der Waals surface area (Å²) in [6.45, 7) is 1.76. The van der Waals surface area contributed by atoms with Crippen LogP contribution >= 0.6 is 39.5 Å². The van der Waals surface area contributed by atoms with Crippen molar-refractivity contribution in [3.63, 3.8) is 0 Å². The summed E-state index contributed by atoms with van der Waals surface area (Å²) in [7, 11) is 0. The Hall–Kier alpha value is -1.83. The van der Waals surface area contributed by atoms with Gasteiger partial charge in [-0.1, -0.05) is 6.07 Å². The number of aromatic nitrogens is 1. The first kappa shape index (κ1) is 17.6. The summed E-state index contributed by atoms with van der Waals surface area (Å²) in [5, 5.41) is 4.02. The molecule has 1 aliphatic rings. The van der Waals surface area contributed by atoms with Gasteiger partial charge in [-0.3, -0.25) is 4.98 Å². The predicted octanol–water partition coefficient (Wildman–Crippen LogP) is 5.53. The van der Waals surface area contributed by atoms with E-state index >= 15 is 0 Å². The van der Waals surface area contributed by atoms with Gasteiger partial charge >= 0.3 is 0 Å². The van der Waals surface area contributed by atoms with E-state index in [1.54, 1.807) is 30.5 Å². The van der Waals surface area contributed by atoms with Crippen molar-refractivity contribution in [1.29, 1.82) is 0 Å². The first-order valence-corrected chi connectivity index (χ1v) is 10.1. The number of thiophene rings is 1. The Bertz CT molecular complexity index is 960. The number of rotatable bonds is 3. The van der Waals surface area contributed by atoms with E-state index in [4.69, 9.17) is 12.2 Å². The van der Waals surface area contributed by atoms with Crippen molar-refractivity contribution in [2.24, 2.45) is 0 Å². The monoisotopic (exact) mass is 447 g/mol. The topological polar surface area (TPSA) is 28.2 Å². The molecule has 2 atom stereocenters. The Balaban J connectivity index is 1.83. The Labute approximate surface area is 169 Å². The zero-order valence-corrected chi connectivity index (χ0v) is 17.0. The second kappa shape index (κ2) is 7.06. The maximum atomic E-state index is 13.8. The summed E-state index contributed by atoms with van der Waals surface area (Å²) < 4.78 is 14.8. The van der Waals surface area contributed by atoms with E-state index in [2.05, 4.69) is 37.2 Å². The fourth-order valence-electron chi connectivity index (χ4n) is 3.19. The van der Waals surface area contributed by atoms with E-state index in [1.807, 2.05) is 30.3 Å². The summed E-state index contributed by atoms with van der Waals surface area (Å²) in [4.78, 5) is 7.73. The molecule has 1 aromatic carbocycles. The van der Waals surface area contributed by atoms with E-state index in [1.165, 1.54) is 6.07 Å². The number of halogens is 2. The molecule has 1 N–H and O–H groups in total. The van der Waals surface area contributed by atoms with Gasteiger partial charge in [0.1, 0.15) is 5.82 Å². The second-order valence-corrected chi connectivity index (χ2v) is 8.95. The highest BCUT2D eigenvalue weighted by Crippen LogP contribution is 2.44. The molecule has 0 spiro atoms. The fraction of sp³-hybridized carbons (Fsp3) is 0.158. The van der Waals surface area contributed by atoms with E-state index < -0.39 is 0 Å². The van der Waals surface area contributed by atoms with E-state index in [0.717, 1.165) is 20.0 Å². The van der Waals surface area contributed by atoms with Crippen LogP contribution in [0.25, 0.3) is 0 Å². The van der Waals surface area contributed by atoms with Crippen LogP contribution in [0.3, 0.4) is 0 Å². The molecule has 132 valence electrons. The normalized spacial score (nSPS) is 19.7. The van der Waals surface area contributed by atoms with Gasteiger partial charge in [-0.2, -0.15) is 0 Å². The van der Waals surface area contributed by atoms with Gasteiger partial charge in [-0.25, -0.2) is 4.39 Å². The Morgan fingerprint density at radius 1 is 1.23 bits per heavy atom. The average Bonchev–Trinajstić information content (AvgIpc) is 3.21. The third-order valence-electron chi connectivity index (χ3n) is 4.40. The second-order valence-electron chi connectivity index (χ2n) is 6.07. The number of hydrogen-bond donors (Lipinski definition) is 1. The molecule has 0 saturated carbocycles. The van der Waals surface area contributed by atoms with Crippen LogP contribution in [0.2, 0.25) is 0 Å². The summed E-state index contributed by atoms with van der Waals surface area (Å²) in [5.41, 5.74) is 2.39. The molecule has 0 bridgehead atoms. The van der Waals surface area contributed by atoms with Crippen LogP contribution in [0.15, 0.2) is 58.5 Å². The molecule has 2 aromatic heterocycles. The van der Waals surface area contributed by atoms with Crippen molar-refractivity contribution < 1.29 is 4.39 Å². The van der Waals surface area contributed by atoms with E-state index in [0.29, 0.717) is 10.7 Å². The van der Waals surface area contributed by atoms with Crippen LogP contribution in [0, 0.1) is 12.7 Å². The molecule has 7 heteroatoms. The average molecular weight is 448 g/mol. The minimum absolute atomic E-state index is 0.0569. The molecule has 0 aliphatic carbocycles. The number of nitrogens with one attached hydrogen (secondary N) is 1. The smallest absolute Gasteiger partial charge is 0.174 e. The van der Waals surface area contributed by atoms with E-state index in [9.17, 15) is 4.39 Å².